The molecule has 106 valence electrons. The second kappa shape index (κ2) is 6.42. The molecule has 0 unspecified atom stereocenters. The van der Waals surface area contributed by atoms with E-state index in [1.54, 1.807) is 0 Å². The van der Waals surface area contributed by atoms with Gasteiger partial charge in [-0.15, -0.1) is 0 Å². The summed E-state index contributed by atoms with van der Waals surface area (Å²) in [5.41, 5.74) is 4.55. The normalized spacial score (nSPS) is 12.9. The van der Waals surface area contributed by atoms with Crippen LogP contribution in [0.15, 0.2) is 24.3 Å². The average Bonchev–Trinajstić information content (AvgIpc) is 2.33. The van der Waals surface area contributed by atoms with Gasteiger partial charge in [-0.2, -0.15) is 13.2 Å². The van der Waals surface area contributed by atoms with Gasteiger partial charge < -0.3 is 15.8 Å². The lowest BCUT2D eigenvalue weighted by Crippen LogP contribution is -2.40. The number of halogens is 3. The molecule has 1 amide bonds. The molecule has 0 aromatic heterocycles. The maximum absolute atomic E-state index is 12.4. The van der Waals surface area contributed by atoms with E-state index in [2.05, 4.69) is 5.32 Å². The van der Waals surface area contributed by atoms with Crippen LogP contribution in [0.5, 0.6) is 5.75 Å². The van der Waals surface area contributed by atoms with E-state index in [1.165, 1.54) is 19.1 Å². The number of carbonyl (C=O) groups excluding carboxylic acids is 1. The van der Waals surface area contributed by atoms with Crippen molar-refractivity contribution in [1.29, 1.82) is 0 Å². The van der Waals surface area contributed by atoms with Gasteiger partial charge in [0.1, 0.15) is 12.4 Å². The second-order valence-corrected chi connectivity index (χ2v) is 3.95. The predicted octanol–water partition coefficient (Wildman–Crippen LogP) is 1.55. The number of hydrogen-bond donors (Lipinski definition) is 2. The van der Waals surface area contributed by atoms with Gasteiger partial charge in [0.2, 0.25) is 5.91 Å². The molecule has 7 heteroatoms. The molecular formula is C12H15F3N2O2. The first-order valence-corrected chi connectivity index (χ1v) is 5.64. The monoisotopic (exact) mass is 276 g/mol. The Kier molecular flexibility index (Phi) is 5.17. The molecular weight excluding hydrogens is 261 g/mol. The van der Waals surface area contributed by atoms with E-state index in [4.69, 9.17) is 10.5 Å². The third kappa shape index (κ3) is 5.17. The third-order valence-corrected chi connectivity index (χ3v) is 2.24. The molecule has 0 spiro atoms. The smallest absolute Gasteiger partial charge is 0.416 e. The van der Waals surface area contributed by atoms with E-state index in [9.17, 15) is 18.0 Å². The Morgan fingerprint density at radius 2 is 2.16 bits per heavy atom. The highest BCUT2D eigenvalue weighted by molar-refractivity contribution is 5.80. The number of carbonyl (C=O) groups is 1. The number of alkyl halides is 3. The molecule has 1 atom stereocenters. The van der Waals surface area contributed by atoms with E-state index in [0.717, 1.165) is 12.1 Å². The quantitative estimate of drug-likeness (QED) is 0.802. The number of hydrogen-bond acceptors (Lipinski definition) is 3. The SMILES string of the molecule is C[C@@H](N)C(=O)NCCOc1cccc(C(F)(F)F)c1. The summed E-state index contributed by atoms with van der Waals surface area (Å²) in [4.78, 5) is 11.1. The minimum absolute atomic E-state index is 0.0692. The zero-order valence-electron chi connectivity index (χ0n) is 10.3. The Morgan fingerprint density at radius 1 is 1.47 bits per heavy atom. The van der Waals surface area contributed by atoms with Gasteiger partial charge in [-0.25, -0.2) is 0 Å². The molecule has 0 saturated heterocycles. The van der Waals surface area contributed by atoms with Crippen molar-refractivity contribution in [2.24, 2.45) is 5.73 Å². The Bertz CT molecular complexity index is 433. The summed E-state index contributed by atoms with van der Waals surface area (Å²) in [6.07, 6.45) is -4.40. The maximum Gasteiger partial charge on any atom is 0.416 e. The van der Waals surface area contributed by atoms with Crippen LogP contribution in [0.1, 0.15) is 12.5 Å². The number of amides is 1. The zero-order chi connectivity index (χ0) is 14.5. The summed E-state index contributed by atoms with van der Waals surface area (Å²) in [7, 11) is 0. The lowest BCUT2D eigenvalue weighted by Gasteiger charge is -2.11. The van der Waals surface area contributed by atoms with Crippen LogP contribution < -0.4 is 15.8 Å². The van der Waals surface area contributed by atoms with Crippen LogP contribution in [0, 0.1) is 0 Å². The standard InChI is InChI=1S/C12H15F3N2O2/c1-8(16)11(18)17-5-6-19-10-4-2-3-9(7-10)12(13,14)15/h2-4,7-8H,5-6,16H2,1H3,(H,17,18)/t8-/m1/s1. The van der Waals surface area contributed by atoms with Crippen LogP contribution in [0.25, 0.3) is 0 Å². The molecule has 4 nitrogen and oxygen atoms in total. The molecule has 0 bridgehead atoms. The van der Waals surface area contributed by atoms with Crippen molar-refractivity contribution in [1.82, 2.24) is 5.32 Å². The Hall–Kier alpha value is -1.76. The van der Waals surface area contributed by atoms with E-state index < -0.39 is 17.8 Å². The van der Waals surface area contributed by atoms with Crippen LogP contribution in [-0.2, 0) is 11.0 Å². The molecule has 0 heterocycles. The summed E-state index contributed by atoms with van der Waals surface area (Å²) < 4.78 is 42.4. The fraction of sp³-hybridized carbons (Fsp3) is 0.417. The van der Waals surface area contributed by atoms with Crippen molar-refractivity contribution in [2.75, 3.05) is 13.2 Å². The van der Waals surface area contributed by atoms with Gasteiger partial charge in [0, 0.05) is 0 Å². The highest BCUT2D eigenvalue weighted by atomic mass is 19.4. The van der Waals surface area contributed by atoms with Crippen molar-refractivity contribution < 1.29 is 22.7 Å². The molecule has 19 heavy (non-hydrogen) atoms. The predicted molar refractivity (Wildman–Crippen MR) is 63.6 cm³/mol. The first-order chi connectivity index (χ1) is 8.80. The van der Waals surface area contributed by atoms with Gasteiger partial charge in [0.25, 0.3) is 0 Å². The number of ether oxygens (including phenoxy) is 1. The average molecular weight is 276 g/mol. The van der Waals surface area contributed by atoms with Crippen molar-refractivity contribution in [3.8, 4) is 5.75 Å². The molecule has 1 rings (SSSR count). The fourth-order valence-electron chi connectivity index (χ4n) is 1.27. The van der Waals surface area contributed by atoms with Crippen LogP contribution in [-0.4, -0.2) is 25.1 Å². The van der Waals surface area contributed by atoms with E-state index in [1.807, 2.05) is 0 Å². The number of nitrogens with one attached hydrogen (secondary N) is 1. The van der Waals surface area contributed by atoms with Crippen molar-refractivity contribution in [3.63, 3.8) is 0 Å². The minimum Gasteiger partial charge on any atom is -0.492 e. The van der Waals surface area contributed by atoms with E-state index >= 15 is 0 Å². The number of benzene rings is 1. The van der Waals surface area contributed by atoms with Crippen LogP contribution in [0.4, 0.5) is 13.2 Å². The summed E-state index contributed by atoms with van der Waals surface area (Å²) in [6.45, 7) is 1.78. The maximum atomic E-state index is 12.4. The number of nitrogens with two attached hydrogens (primary N) is 1. The molecule has 1 aromatic rings. The Morgan fingerprint density at radius 3 is 2.74 bits per heavy atom. The van der Waals surface area contributed by atoms with E-state index in [-0.39, 0.29) is 24.8 Å². The summed E-state index contributed by atoms with van der Waals surface area (Å²) in [5.74, 6) is -0.238. The van der Waals surface area contributed by atoms with Gasteiger partial charge in [-0.3, -0.25) is 4.79 Å². The highest BCUT2D eigenvalue weighted by Gasteiger charge is 2.30. The molecule has 1 aromatic carbocycles. The van der Waals surface area contributed by atoms with Gasteiger partial charge in [-0.05, 0) is 25.1 Å². The lowest BCUT2D eigenvalue weighted by molar-refractivity contribution is -0.137. The number of rotatable bonds is 5. The summed E-state index contributed by atoms with van der Waals surface area (Å²) in [5, 5.41) is 2.49. The van der Waals surface area contributed by atoms with Crippen LogP contribution in [0.2, 0.25) is 0 Å². The van der Waals surface area contributed by atoms with Gasteiger partial charge in [0.15, 0.2) is 0 Å². The summed E-state index contributed by atoms with van der Waals surface area (Å²) in [6, 6.07) is 3.92. The van der Waals surface area contributed by atoms with Crippen molar-refractivity contribution in [2.45, 2.75) is 19.1 Å². The molecule has 0 aliphatic carbocycles. The largest absolute Gasteiger partial charge is 0.492 e. The zero-order valence-corrected chi connectivity index (χ0v) is 10.3. The molecule has 3 N–H and O–H groups in total. The minimum atomic E-state index is -4.40. The molecule has 0 fully saturated rings. The molecule has 0 saturated carbocycles. The van der Waals surface area contributed by atoms with Crippen LogP contribution >= 0.6 is 0 Å². The van der Waals surface area contributed by atoms with Crippen molar-refractivity contribution in [3.05, 3.63) is 29.8 Å². The van der Waals surface area contributed by atoms with E-state index in [0.29, 0.717) is 0 Å². The molecule has 0 aliphatic rings. The Labute approximate surface area is 108 Å². The third-order valence-electron chi connectivity index (χ3n) is 2.24. The highest BCUT2D eigenvalue weighted by Crippen LogP contribution is 2.31. The van der Waals surface area contributed by atoms with Gasteiger partial charge in [-0.1, -0.05) is 6.07 Å². The van der Waals surface area contributed by atoms with Crippen molar-refractivity contribution >= 4 is 5.91 Å². The van der Waals surface area contributed by atoms with Gasteiger partial charge >= 0.3 is 6.18 Å². The first kappa shape index (κ1) is 15.3. The van der Waals surface area contributed by atoms with Gasteiger partial charge in [0.05, 0.1) is 18.2 Å². The first-order valence-electron chi connectivity index (χ1n) is 5.64. The van der Waals surface area contributed by atoms with Crippen LogP contribution in [0.3, 0.4) is 0 Å². The topological polar surface area (TPSA) is 64.4 Å². The Balaban J connectivity index is 2.44. The molecule has 0 radical (unpaired) electrons. The lowest BCUT2D eigenvalue weighted by atomic mass is 10.2. The fourth-order valence-corrected chi connectivity index (χ4v) is 1.27. The molecule has 0 aliphatic heterocycles. The summed E-state index contributed by atoms with van der Waals surface area (Å²) >= 11 is 0. The second-order valence-electron chi connectivity index (χ2n) is 3.95.